The van der Waals surface area contributed by atoms with Crippen LogP contribution in [0.4, 0.5) is 5.69 Å². The molecular formula is C17H19NO. The van der Waals surface area contributed by atoms with Crippen molar-refractivity contribution in [1.29, 1.82) is 0 Å². The first-order valence-corrected chi connectivity index (χ1v) is 7.10. The number of benzene rings is 2. The third-order valence-corrected chi connectivity index (χ3v) is 4.09. The molecule has 19 heavy (non-hydrogen) atoms. The molecule has 0 heterocycles. The monoisotopic (exact) mass is 253 g/mol. The number of carbonyl (C=O) groups is 1. The van der Waals surface area contributed by atoms with Crippen LogP contribution in [0.1, 0.15) is 26.2 Å². The van der Waals surface area contributed by atoms with Gasteiger partial charge in [-0.25, -0.2) is 0 Å². The highest BCUT2D eigenvalue weighted by Crippen LogP contribution is 2.32. The van der Waals surface area contributed by atoms with Crippen LogP contribution in [0.5, 0.6) is 0 Å². The first-order valence-electron chi connectivity index (χ1n) is 7.10. The van der Waals surface area contributed by atoms with Gasteiger partial charge < -0.3 is 4.90 Å². The van der Waals surface area contributed by atoms with Crippen molar-refractivity contribution in [1.82, 2.24) is 0 Å². The van der Waals surface area contributed by atoms with Crippen LogP contribution in [0, 0.1) is 5.92 Å². The molecule has 0 aromatic heterocycles. The maximum absolute atomic E-state index is 12.5. The van der Waals surface area contributed by atoms with Crippen LogP contribution < -0.4 is 4.90 Å². The van der Waals surface area contributed by atoms with Crippen molar-refractivity contribution in [3.63, 3.8) is 0 Å². The summed E-state index contributed by atoms with van der Waals surface area (Å²) in [6, 6.07) is 14.5. The second-order valence-corrected chi connectivity index (χ2v) is 5.21. The number of carbonyl (C=O) groups excluding carboxylic acids is 1. The summed E-state index contributed by atoms with van der Waals surface area (Å²) in [4.78, 5) is 14.5. The van der Waals surface area contributed by atoms with Gasteiger partial charge in [-0.15, -0.1) is 0 Å². The number of hydrogen-bond acceptors (Lipinski definition) is 1. The van der Waals surface area contributed by atoms with Crippen LogP contribution in [0.15, 0.2) is 42.5 Å². The lowest BCUT2D eigenvalue weighted by molar-refractivity contribution is -0.124. The van der Waals surface area contributed by atoms with Gasteiger partial charge in [-0.05, 0) is 31.2 Å². The molecule has 2 aromatic rings. The molecular weight excluding hydrogens is 234 g/mol. The predicted octanol–water partition coefficient (Wildman–Crippen LogP) is 3.99. The SMILES string of the molecule is CCN(C(=O)C1CCC1)c1cccc2ccccc12. The maximum atomic E-state index is 12.5. The van der Waals surface area contributed by atoms with E-state index in [4.69, 9.17) is 0 Å². The third kappa shape index (κ3) is 2.12. The fourth-order valence-corrected chi connectivity index (χ4v) is 2.76. The molecule has 0 saturated heterocycles. The van der Waals surface area contributed by atoms with E-state index >= 15 is 0 Å². The number of anilines is 1. The second kappa shape index (κ2) is 5.04. The zero-order valence-electron chi connectivity index (χ0n) is 11.3. The smallest absolute Gasteiger partial charge is 0.230 e. The third-order valence-electron chi connectivity index (χ3n) is 4.09. The van der Waals surface area contributed by atoms with Crippen LogP contribution in [0.2, 0.25) is 0 Å². The Morgan fingerprint density at radius 2 is 1.89 bits per heavy atom. The number of fused-ring (bicyclic) bond motifs is 1. The molecule has 1 aliphatic rings. The fraction of sp³-hybridized carbons (Fsp3) is 0.353. The normalized spacial score (nSPS) is 15.2. The van der Waals surface area contributed by atoms with Crippen molar-refractivity contribution in [2.24, 2.45) is 5.92 Å². The van der Waals surface area contributed by atoms with E-state index < -0.39 is 0 Å². The van der Waals surface area contributed by atoms with Gasteiger partial charge in [-0.1, -0.05) is 42.8 Å². The van der Waals surface area contributed by atoms with E-state index in [9.17, 15) is 4.79 Å². The zero-order valence-corrected chi connectivity index (χ0v) is 11.3. The number of rotatable bonds is 3. The van der Waals surface area contributed by atoms with Gasteiger partial charge in [0.2, 0.25) is 5.91 Å². The van der Waals surface area contributed by atoms with E-state index in [0.29, 0.717) is 5.91 Å². The predicted molar refractivity (Wildman–Crippen MR) is 79.3 cm³/mol. The lowest BCUT2D eigenvalue weighted by Gasteiger charge is -2.31. The first kappa shape index (κ1) is 12.2. The molecule has 2 nitrogen and oxygen atoms in total. The van der Waals surface area contributed by atoms with E-state index in [1.165, 1.54) is 17.2 Å². The molecule has 0 spiro atoms. The Kier molecular flexibility index (Phi) is 3.24. The number of hydrogen-bond donors (Lipinski definition) is 0. The number of nitrogens with zero attached hydrogens (tertiary/aromatic N) is 1. The highest BCUT2D eigenvalue weighted by atomic mass is 16.2. The Morgan fingerprint density at radius 1 is 1.16 bits per heavy atom. The average molecular weight is 253 g/mol. The Morgan fingerprint density at radius 3 is 2.58 bits per heavy atom. The van der Waals surface area contributed by atoms with Gasteiger partial charge in [0.1, 0.15) is 0 Å². The van der Waals surface area contributed by atoms with Gasteiger partial charge >= 0.3 is 0 Å². The molecule has 2 heteroatoms. The molecule has 0 bridgehead atoms. The van der Waals surface area contributed by atoms with Crippen molar-refractivity contribution < 1.29 is 4.79 Å². The summed E-state index contributed by atoms with van der Waals surface area (Å²) < 4.78 is 0. The molecule has 0 radical (unpaired) electrons. The summed E-state index contributed by atoms with van der Waals surface area (Å²) in [5.41, 5.74) is 1.05. The lowest BCUT2D eigenvalue weighted by Crippen LogP contribution is -2.38. The topological polar surface area (TPSA) is 20.3 Å². The summed E-state index contributed by atoms with van der Waals surface area (Å²) in [5.74, 6) is 0.545. The lowest BCUT2D eigenvalue weighted by atomic mass is 9.84. The first-order chi connectivity index (χ1) is 9.31. The fourth-order valence-electron chi connectivity index (χ4n) is 2.76. The Balaban J connectivity index is 2.03. The van der Waals surface area contributed by atoms with Crippen LogP contribution in [-0.2, 0) is 4.79 Å². The largest absolute Gasteiger partial charge is 0.312 e. The van der Waals surface area contributed by atoms with E-state index in [-0.39, 0.29) is 5.92 Å². The Labute approximate surface area is 114 Å². The molecule has 1 fully saturated rings. The van der Waals surface area contributed by atoms with E-state index in [1.54, 1.807) is 0 Å². The van der Waals surface area contributed by atoms with Gasteiger partial charge in [0, 0.05) is 17.8 Å². The average Bonchev–Trinajstić information content (AvgIpc) is 2.38. The summed E-state index contributed by atoms with van der Waals surface area (Å²) in [6.45, 7) is 2.79. The molecule has 3 rings (SSSR count). The standard InChI is InChI=1S/C17H19NO/c1-2-18(17(19)14-9-5-10-14)16-12-6-8-13-7-3-4-11-15(13)16/h3-4,6-8,11-12,14H,2,5,9-10H2,1H3. The molecule has 0 unspecified atom stereocenters. The van der Waals surface area contributed by atoms with Gasteiger partial charge in [-0.2, -0.15) is 0 Å². The van der Waals surface area contributed by atoms with Crippen LogP contribution >= 0.6 is 0 Å². The van der Waals surface area contributed by atoms with Crippen LogP contribution in [0.25, 0.3) is 10.8 Å². The summed E-state index contributed by atoms with van der Waals surface area (Å²) in [5, 5.41) is 2.36. The highest BCUT2D eigenvalue weighted by Gasteiger charge is 2.29. The molecule has 1 aliphatic carbocycles. The van der Waals surface area contributed by atoms with Gasteiger partial charge in [0.25, 0.3) is 0 Å². The van der Waals surface area contributed by atoms with Crippen molar-refractivity contribution in [3.05, 3.63) is 42.5 Å². The molecule has 0 aliphatic heterocycles. The van der Waals surface area contributed by atoms with Crippen LogP contribution in [-0.4, -0.2) is 12.5 Å². The zero-order chi connectivity index (χ0) is 13.2. The minimum Gasteiger partial charge on any atom is -0.312 e. The summed E-state index contributed by atoms with van der Waals surface area (Å²) in [7, 11) is 0. The Hall–Kier alpha value is -1.83. The molecule has 98 valence electrons. The summed E-state index contributed by atoms with van der Waals surface area (Å²) >= 11 is 0. The highest BCUT2D eigenvalue weighted by molar-refractivity contribution is 6.04. The molecule has 1 amide bonds. The van der Waals surface area contributed by atoms with Crippen molar-refractivity contribution >= 4 is 22.4 Å². The quantitative estimate of drug-likeness (QED) is 0.809. The summed E-state index contributed by atoms with van der Waals surface area (Å²) in [6.07, 6.45) is 3.31. The molecule has 2 aromatic carbocycles. The van der Waals surface area contributed by atoms with Crippen molar-refractivity contribution in [3.8, 4) is 0 Å². The molecule has 1 saturated carbocycles. The van der Waals surface area contributed by atoms with Gasteiger partial charge in [-0.3, -0.25) is 4.79 Å². The molecule has 0 atom stereocenters. The maximum Gasteiger partial charge on any atom is 0.230 e. The second-order valence-electron chi connectivity index (χ2n) is 5.21. The van der Waals surface area contributed by atoms with E-state index in [2.05, 4.69) is 31.2 Å². The minimum atomic E-state index is 0.249. The Bertz CT molecular complexity index is 596. The minimum absolute atomic E-state index is 0.249. The molecule has 0 N–H and O–H groups in total. The van der Waals surface area contributed by atoms with E-state index in [0.717, 1.165) is 25.1 Å². The van der Waals surface area contributed by atoms with Gasteiger partial charge in [0.15, 0.2) is 0 Å². The van der Waals surface area contributed by atoms with Crippen molar-refractivity contribution in [2.45, 2.75) is 26.2 Å². The van der Waals surface area contributed by atoms with Crippen molar-refractivity contribution in [2.75, 3.05) is 11.4 Å². The van der Waals surface area contributed by atoms with Gasteiger partial charge in [0.05, 0.1) is 5.69 Å². The number of amides is 1. The van der Waals surface area contributed by atoms with E-state index in [1.807, 2.05) is 23.1 Å². The van der Waals surface area contributed by atoms with Crippen LogP contribution in [0.3, 0.4) is 0 Å².